The fraction of sp³-hybridized carbons (Fsp3) is 0.846. The van der Waals surface area contributed by atoms with Crippen molar-refractivity contribution in [2.24, 2.45) is 4.99 Å². The molecule has 0 bridgehead atoms. The molecule has 2 saturated heterocycles. The number of nitrogens with one attached hydrogen (secondary N) is 1. The minimum atomic E-state index is -0.209. The predicted octanol–water partition coefficient (Wildman–Crippen LogP) is 1.97. The molecule has 194 valence electrons. The highest BCUT2D eigenvalue weighted by molar-refractivity contribution is 5.61. The van der Waals surface area contributed by atoms with E-state index in [-0.39, 0.29) is 69.7 Å². The third-order valence-electron chi connectivity index (χ3n) is 8.10. The van der Waals surface area contributed by atoms with Gasteiger partial charge in [-0.25, -0.2) is 0 Å². The molecule has 8 nitrogen and oxygen atoms in total. The molecule has 1 aromatic carbocycles. The Morgan fingerprint density at radius 3 is 1.62 bits per heavy atom. The maximum Gasteiger partial charge on any atom is 0.234 e. The number of nitrogens with zero attached hydrogens (tertiary/aromatic N) is 3. The predicted molar refractivity (Wildman–Crippen MR) is 136 cm³/mol. The molecule has 0 aliphatic carbocycles. The summed E-state index contributed by atoms with van der Waals surface area (Å²) in [6, 6.07) is -0.0237. The molecular weight excluding hydrogens is 432 g/mol. The van der Waals surface area contributed by atoms with Gasteiger partial charge in [0.25, 0.3) is 0 Å². The van der Waals surface area contributed by atoms with Crippen LogP contribution in [0.4, 0.5) is 5.69 Å². The van der Waals surface area contributed by atoms with E-state index in [0.29, 0.717) is 13.1 Å². The van der Waals surface area contributed by atoms with E-state index in [1.54, 1.807) is 0 Å². The monoisotopic (exact) mass is 478 g/mol. The molecule has 0 saturated carbocycles. The van der Waals surface area contributed by atoms with Crippen LogP contribution in [0.2, 0.25) is 0 Å². The van der Waals surface area contributed by atoms with Gasteiger partial charge in [0.1, 0.15) is 5.69 Å². The van der Waals surface area contributed by atoms with E-state index in [1.807, 2.05) is 0 Å². The van der Waals surface area contributed by atoms with Crippen molar-refractivity contribution in [2.75, 3.05) is 31.6 Å². The third kappa shape index (κ3) is 5.06. The summed E-state index contributed by atoms with van der Waals surface area (Å²) < 4.78 is 0. The Morgan fingerprint density at radius 1 is 0.824 bits per heavy atom. The number of aliphatic hydroxyl groups excluding tert-OH is 2. The SMILES string of the molecule is CC1(C)CC(N=c2c(O)c(NC3CC(C)(C)N(CCO)C(C)(C)C3)c2=O)CC(C)(C)N1CCO. The Hall–Kier alpha value is -1.48. The maximum absolute atomic E-state index is 13.0. The second-order valence-electron chi connectivity index (χ2n) is 12.8. The van der Waals surface area contributed by atoms with Crippen LogP contribution in [0.1, 0.15) is 81.1 Å². The minimum Gasteiger partial charge on any atom is -0.504 e. The first kappa shape index (κ1) is 27.1. The molecule has 0 radical (unpaired) electrons. The number of aliphatic hydroxyl groups is 2. The van der Waals surface area contributed by atoms with Crippen molar-refractivity contribution in [3.05, 3.63) is 15.6 Å². The molecule has 0 atom stereocenters. The van der Waals surface area contributed by atoms with Gasteiger partial charge in [0, 0.05) is 41.3 Å². The van der Waals surface area contributed by atoms with Crippen molar-refractivity contribution >= 4 is 5.69 Å². The van der Waals surface area contributed by atoms with Gasteiger partial charge in [0.2, 0.25) is 5.43 Å². The van der Waals surface area contributed by atoms with Crippen LogP contribution < -0.4 is 16.1 Å². The molecule has 1 aromatic rings. The van der Waals surface area contributed by atoms with Gasteiger partial charge in [-0.15, -0.1) is 0 Å². The number of likely N-dealkylation sites (tertiary alicyclic amines) is 2. The van der Waals surface area contributed by atoms with Crippen molar-refractivity contribution in [1.82, 2.24) is 9.80 Å². The molecule has 3 rings (SSSR count). The second kappa shape index (κ2) is 9.19. The van der Waals surface area contributed by atoms with E-state index in [0.717, 1.165) is 25.7 Å². The summed E-state index contributed by atoms with van der Waals surface area (Å²) in [6.45, 7) is 18.7. The molecule has 4 N–H and O–H groups in total. The van der Waals surface area contributed by atoms with Crippen LogP contribution in [0.3, 0.4) is 0 Å². The van der Waals surface area contributed by atoms with Gasteiger partial charge in [0.15, 0.2) is 11.1 Å². The first-order valence-corrected chi connectivity index (χ1v) is 12.7. The first-order chi connectivity index (χ1) is 15.6. The lowest BCUT2D eigenvalue weighted by molar-refractivity contribution is -0.0436. The van der Waals surface area contributed by atoms with Crippen LogP contribution in [0.15, 0.2) is 9.79 Å². The number of rotatable bonds is 7. The fourth-order valence-electron chi connectivity index (χ4n) is 7.22. The molecule has 2 aliphatic heterocycles. The zero-order valence-corrected chi connectivity index (χ0v) is 22.4. The number of aromatic hydroxyl groups is 1. The zero-order valence-electron chi connectivity index (χ0n) is 22.4. The van der Waals surface area contributed by atoms with Crippen LogP contribution in [-0.2, 0) is 0 Å². The van der Waals surface area contributed by atoms with Crippen LogP contribution in [0.25, 0.3) is 0 Å². The standard InChI is InChI=1S/C26H46N4O4/c1-23(2)13-17(14-24(3,4)29(23)9-11-31)27-19-21(33)20(22(19)34)28-18-15-25(5,6)30(10-12-32)26(7,8)16-18/h17-18,27,31-33H,9-16H2,1-8H3. The Balaban J connectivity index is 1.79. The number of hydrogen-bond donors (Lipinski definition) is 4. The topological polar surface area (TPSA) is 109 Å². The number of piperidine rings is 2. The summed E-state index contributed by atoms with van der Waals surface area (Å²) in [5.74, 6) is -0.0215. The lowest BCUT2D eigenvalue weighted by atomic mass is 9.76. The van der Waals surface area contributed by atoms with Crippen molar-refractivity contribution in [2.45, 2.75) is 115 Å². The minimum absolute atomic E-state index is 0.0215. The van der Waals surface area contributed by atoms with E-state index in [2.05, 4.69) is 70.5 Å². The lowest BCUT2D eigenvalue weighted by Gasteiger charge is -2.55. The molecule has 2 fully saturated rings. The van der Waals surface area contributed by atoms with Gasteiger partial charge in [-0.05, 0) is 81.1 Å². The first-order valence-electron chi connectivity index (χ1n) is 12.7. The van der Waals surface area contributed by atoms with Crippen molar-refractivity contribution < 1.29 is 15.3 Å². The van der Waals surface area contributed by atoms with Gasteiger partial charge >= 0.3 is 0 Å². The third-order valence-corrected chi connectivity index (χ3v) is 8.10. The van der Waals surface area contributed by atoms with Crippen molar-refractivity contribution in [3.8, 4) is 5.75 Å². The Labute approximate surface area is 204 Å². The van der Waals surface area contributed by atoms with Crippen LogP contribution in [0.5, 0.6) is 5.75 Å². The summed E-state index contributed by atoms with van der Waals surface area (Å²) in [7, 11) is 0. The summed E-state index contributed by atoms with van der Waals surface area (Å²) >= 11 is 0. The Bertz CT molecular complexity index is 923. The summed E-state index contributed by atoms with van der Waals surface area (Å²) in [4.78, 5) is 22.4. The highest BCUT2D eigenvalue weighted by Crippen LogP contribution is 2.41. The quantitative estimate of drug-likeness (QED) is 0.474. The molecular formula is C26H46N4O4. The summed E-state index contributed by atoms with van der Waals surface area (Å²) in [5, 5.41) is 33.3. The molecule has 0 unspecified atom stereocenters. The van der Waals surface area contributed by atoms with E-state index in [9.17, 15) is 20.1 Å². The van der Waals surface area contributed by atoms with Gasteiger partial charge in [-0.1, -0.05) is 0 Å². The van der Waals surface area contributed by atoms with E-state index in [4.69, 9.17) is 4.99 Å². The van der Waals surface area contributed by atoms with E-state index >= 15 is 0 Å². The van der Waals surface area contributed by atoms with Gasteiger partial charge in [-0.2, -0.15) is 0 Å². The van der Waals surface area contributed by atoms with Crippen LogP contribution in [-0.4, -0.2) is 85.7 Å². The van der Waals surface area contributed by atoms with Crippen LogP contribution in [0, 0.1) is 0 Å². The fourth-order valence-corrected chi connectivity index (χ4v) is 7.22. The largest absolute Gasteiger partial charge is 0.504 e. The lowest BCUT2D eigenvalue weighted by Crippen LogP contribution is -2.63. The van der Waals surface area contributed by atoms with E-state index in [1.165, 1.54) is 0 Å². The Kier molecular flexibility index (Phi) is 7.33. The molecule has 0 spiro atoms. The maximum atomic E-state index is 13.0. The van der Waals surface area contributed by atoms with E-state index < -0.39 is 0 Å². The Morgan fingerprint density at radius 2 is 1.24 bits per heavy atom. The highest BCUT2D eigenvalue weighted by Gasteiger charge is 2.46. The molecule has 0 amide bonds. The highest BCUT2D eigenvalue weighted by atomic mass is 16.3. The second-order valence-corrected chi connectivity index (χ2v) is 12.8. The summed E-state index contributed by atoms with van der Waals surface area (Å²) in [5.41, 5.74) is -0.580. The number of hydrogen-bond acceptors (Lipinski definition) is 8. The summed E-state index contributed by atoms with van der Waals surface area (Å²) in [6.07, 6.45) is 3.13. The number of anilines is 1. The van der Waals surface area contributed by atoms with Gasteiger partial charge < -0.3 is 20.6 Å². The average molecular weight is 479 g/mol. The van der Waals surface area contributed by atoms with Gasteiger partial charge in [0.05, 0.1) is 19.3 Å². The van der Waals surface area contributed by atoms with Gasteiger partial charge in [-0.3, -0.25) is 19.6 Å². The molecule has 8 heteroatoms. The molecule has 34 heavy (non-hydrogen) atoms. The molecule has 2 heterocycles. The molecule has 2 aliphatic rings. The average Bonchev–Trinajstić information content (AvgIpc) is 2.68. The molecule has 0 aromatic heterocycles. The number of β-amino-alcohol motifs (C(OH)–C–C–N with tert-alkyl or cyclic N) is 2. The van der Waals surface area contributed by atoms with Crippen molar-refractivity contribution in [3.63, 3.8) is 0 Å². The van der Waals surface area contributed by atoms with Crippen LogP contribution >= 0.6 is 0 Å². The zero-order chi connectivity index (χ0) is 25.7. The normalized spacial score (nSPS) is 26.2. The smallest absolute Gasteiger partial charge is 0.234 e. The van der Waals surface area contributed by atoms with Crippen molar-refractivity contribution in [1.29, 1.82) is 0 Å².